The second-order valence-corrected chi connectivity index (χ2v) is 10.3. The number of ether oxygens (including phenoxy) is 1. The zero-order chi connectivity index (χ0) is 27.6. The number of aryl methyl sites for hydroxylation is 1. The van der Waals surface area contributed by atoms with Gasteiger partial charge in [0.05, 0.1) is 33.6 Å². The Balaban J connectivity index is 1.78. The molecule has 0 aliphatic rings. The smallest absolute Gasteiger partial charge is 0.296 e. The van der Waals surface area contributed by atoms with Crippen LogP contribution in [-0.2, 0) is 10.1 Å². The van der Waals surface area contributed by atoms with Crippen molar-refractivity contribution < 1.29 is 27.6 Å². The molecule has 0 unspecified atom stereocenters. The molecule has 0 aromatic heterocycles. The summed E-state index contributed by atoms with van der Waals surface area (Å²) < 4.78 is 38.2. The SMILES string of the molecule is CCOc1c(Cl)cccc1NC(=O)c1cc2ccccc2c(N=Nc2cc(C)c(S(=O)(=O)O)c(Cl)c2)c1O. The van der Waals surface area contributed by atoms with E-state index >= 15 is 0 Å². The minimum absolute atomic E-state index is 0.0111. The molecule has 0 atom stereocenters. The first-order chi connectivity index (χ1) is 18.0. The van der Waals surface area contributed by atoms with Crippen molar-refractivity contribution >= 4 is 67.1 Å². The molecule has 0 bridgehead atoms. The number of hydrogen-bond donors (Lipinski definition) is 3. The Labute approximate surface area is 228 Å². The van der Waals surface area contributed by atoms with E-state index in [1.165, 1.54) is 25.1 Å². The Kier molecular flexibility index (Phi) is 7.89. The van der Waals surface area contributed by atoms with Crippen LogP contribution in [-0.4, -0.2) is 30.6 Å². The summed E-state index contributed by atoms with van der Waals surface area (Å²) in [7, 11) is -4.54. The molecule has 0 saturated heterocycles. The van der Waals surface area contributed by atoms with Gasteiger partial charge in [-0.05, 0) is 55.1 Å². The average Bonchev–Trinajstić information content (AvgIpc) is 2.84. The predicted octanol–water partition coefficient (Wildman–Crippen LogP) is 7.47. The van der Waals surface area contributed by atoms with Gasteiger partial charge < -0.3 is 15.2 Å². The van der Waals surface area contributed by atoms with Crippen LogP contribution in [0.4, 0.5) is 17.1 Å². The van der Waals surface area contributed by atoms with Gasteiger partial charge in [-0.2, -0.15) is 13.5 Å². The fourth-order valence-corrected chi connectivity index (χ4v) is 5.44. The Bertz CT molecular complexity index is 1680. The first-order valence-corrected chi connectivity index (χ1v) is 13.4. The third-order valence-electron chi connectivity index (χ3n) is 5.48. The lowest BCUT2D eigenvalue weighted by Crippen LogP contribution is -2.13. The van der Waals surface area contributed by atoms with Crippen LogP contribution >= 0.6 is 23.2 Å². The summed E-state index contributed by atoms with van der Waals surface area (Å²) >= 11 is 12.3. The maximum absolute atomic E-state index is 13.3. The molecule has 3 N–H and O–H groups in total. The van der Waals surface area contributed by atoms with E-state index in [2.05, 4.69) is 15.5 Å². The van der Waals surface area contributed by atoms with Crippen LogP contribution in [0.3, 0.4) is 0 Å². The molecule has 0 heterocycles. The number of rotatable bonds is 7. The molecule has 0 spiro atoms. The molecular formula is C26H21Cl2N3O6S. The van der Waals surface area contributed by atoms with Gasteiger partial charge in [0.25, 0.3) is 16.0 Å². The topological polar surface area (TPSA) is 138 Å². The van der Waals surface area contributed by atoms with E-state index in [4.69, 9.17) is 27.9 Å². The van der Waals surface area contributed by atoms with E-state index in [0.717, 1.165) is 0 Å². The van der Waals surface area contributed by atoms with E-state index in [1.807, 2.05) is 0 Å². The molecule has 0 aliphatic heterocycles. The van der Waals surface area contributed by atoms with Crippen LogP contribution in [0.5, 0.6) is 11.5 Å². The Morgan fingerprint density at radius 1 is 1.03 bits per heavy atom. The van der Waals surface area contributed by atoms with Gasteiger partial charge in [-0.3, -0.25) is 9.35 Å². The highest BCUT2D eigenvalue weighted by molar-refractivity contribution is 7.86. The van der Waals surface area contributed by atoms with Gasteiger partial charge in [-0.25, -0.2) is 0 Å². The summed E-state index contributed by atoms with van der Waals surface area (Å²) in [4.78, 5) is 12.8. The number of azo groups is 1. The average molecular weight is 574 g/mol. The molecule has 0 aliphatic carbocycles. The minimum atomic E-state index is -4.54. The fourth-order valence-electron chi connectivity index (χ4n) is 3.88. The molecule has 38 heavy (non-hydrogen) atoms. The molecular weight excluding hydrogens is 553 g/mol. The number of carbonyl (C=O) groups excluding carboxylic acids is 1. The van der Waals surface area contributed by atoms with Crippen LogP contribution in [0.1, 0.15) is 22.8 Å². The highest BCUT2D eigenvalue weighted by Gasteiger charge is 2.21. The normalized spacial score (nSPS) is 11.7. The van der Waals surface area contributed by atoms with Crippen LogP contribution < -0.4 is 10.1 Å². The summed E-state index contributed by atoms with van der Waals surface area (Å²) in [5.41, 5.74) is 0.582. The van der Waals surface area contributed by atoms with Gasteiger partial charge >= 0.3 is 0 Å². The summed E-state index contributed by atoms with van der Waals surface area (Å²) in [6.07, 6.45) is 0. The first kappa shape index (κ1) is 27.3. The molecule has 12 heteroatoms. The Hall–Kier alpha value is -3.70. The van der Waals surface area contributed by atoms with Crippen LogP contribution in [0.25, 0.3) is 10.8 Å². The number of amides is 1. The molecule has 4 rings (SSSR count). The summed E-state index contributed by atoms with van der Waals surface area (Å²) in [6, 6.07) is 16.0. The minimum Gasteiger partial charge on any atom is -0.505 e. The van der Waals surface area contributed by atoms with Crippen molar-refractivity contribution in [2.45, 2.75) is 18.7 Å². The lowest BCUT2D eigenvalue weighted by molar-refractivity contribution is 0.102. The van der Waals surface area contributed by atoms with E-state index in [-0.39, 0.29) is 27.5 Å². The lowest BCUT2D eigenvalue weighted by Gasteiger charge is -2.14. The van der Waals surface area contributed by atoms with Crippen LogP contribution in [0.15, 0.2) is 75.8 Å². The lowest BCUT2D eigenvalue weighted by atomic mass is 10.0. The largest absolute Gasteiger partial charge is 0.505 e. The van der Waals surface area contributed by atoms with Gasteiger partial charge in [0.2, 0.25) is 0 Å². The first-order valence-electron chi connectivity index (χ1n) is 11.2. The molecule has 0 fully saturated rings. The maximum Gasteiger partial charge on any atom is 0.296 e. The van der Waals surface area contributed by atoms with Crippen molar-refractivity contribution in [1.29, 1.82) is 0 Å². The number of hydrogen-bond acceptors (Lipinski definition) is 7. The number of aromatic hydroxyl groups is 1. The molecule has 1 amide bonds. The molecule has 0 saturated carbocycles. The summed E-state index contributed by atoms with van der Waals surface area (Å²) in [5, 5.41) is 23.3. The Morgan fingerprint density at radius 3 is 2.45 bits per heavy atom. The van der Waals surface area contributed by atoms with E-state index in [9.17, 15) is 22.9 Å². The number of benzene rings is 4. The number of anilines is 1. The van der Waals surface area contributed by atoms with E-state index in [0.29, 0.717) is 33.8 Å². The van der Waals surface area contributed by atoms with Crippen molar-refractivity contribution in [3.63, 3.8) is 0 Å². The van der Waals surface area contributed by atoms with Crippen molar-refractivity contribution in [3.8, 4) is 11.5 Å². The molecule has 196 valence electrons. The number of carbonyl (C=O) groups is 1. The molecule has 0 radical (unpaired) electrons. The molecule has 4 aromatic rings. The number of halogens is 2. The standard InChI is InChI=1S/C26H21Cl2N3O6S/c1-3-37-24-19(27)9-6-10-21(24)29-26(33)18-12-15-7-4-5-8-17(15)22(23(18)32)31-30-16-11-14(2)25(20(28)13-16)38(34,35)36/h4-13,32H,3H2,1-2H3,(H,29,33)(H,34,35,36). The zero-order valence-electron chi connectivity index (χ0n) is 20.1. The van der Waals surface area contributed by atoms with E-state index < -0.39 is 26.7 Å². The number of nitrogens with zero attached hydrogens (tertiary/aromatic N) is 2. The van der Waals surface area contributed by atoms with Gasteiger partial charge in [0.15, 0.2) is 11.5 Å². The van der Waals surface area contributed by atoms with E-state index in [1.54, 1.807) is 49.4 Å². The summed E-state index contributed by atoms with van der Waals surface area (Å²) in [6.45, 7) is 3.55. The van der Waals surface area contributed by atoms with Crippen molar-refractivity contribution in [1.82, 2.24) is 0 Å². The number of phenolic OH excluding ortho intramolecular Hbond substituents is 1. The highest BCUT2D eigenvalue weighted by Crippen LogP contribution is 2.41. The third kappa shape index (κ3) is 5.58. The van der Waals surface area contributed by atoms with Crippen LogP contribution in [0.2, 0.25) is 10.0 Å². The van der Waals surface area contributed by atoms with Crippen molar-refractivity contribution in [2.75, 3.05) is 11.9 Å². The van der Waals surface area contributed by atoms with Gasteiger partial charge in [0.1, 0.15) is 10.6 Å². The van der Waals surface area contributed by atoms with Crippen LogP contribution in [0, 0.1) is 6.92 Å². The third-order valence-corrected chi connectivity index (χ3v) is 7.25. The second-order valence-electron chi connectivity index (χ2n) is 8.09. The molecule has 4 aromatic carbocycles. The van der Waals surface area contributed by atoms with Gasteiger partial charge in [0, 0.05) is 5.39 Å². The molecule has 9 nitrogen and oxygen atoms in total. The van der Waals surface area contributed by atoms with Crippen molar-refractivity contribution in [2.24, 2.45) is 10.2 Å². The van der Waals surface area contributed by atoms with Gasteiger partial charge in [-0.15, -0.1) is 5.11 Å². The van der Waals surface area contributed by atoms with Gasteiger partial charge in [-0.1, -0.05) is 53.5 Å². The number of fused-ring (bicyclic) bond motifs is 1. The van der Waals surface area contributed by atoms with Crippen molar-refractivity contribution in [3.05, 3.63) is 81.8 Å². The maximum atomic E-state index is 13.3. The highest BCUT2D eigenvalue weighted by atomic mass is 35.5. The number of para-hydroxylation sites is 1. The number of phenols is 1. The monoisotopic (exact) mass is 573 g/mol. The predicted molar refractivity (Wildman–Crippen MR) is 146 cm³/mol. The fraction of sp³-hybridized carbons (Fsp3) is 0.115. The second kappa shape index (κ2) is 11.0. The number of nitrogens with one attached hydrogen (secondary N) is 1. The Morgan fingerprint density at radius 2 is 1.76 bits per heavy atom. The summed E-state index contributed by atoms with van der Waals surface area (Å²) in [5.74, 6) is -0.766. The zero-order valence-corrected chi connectivity index (χ0v) is 22.4. The quantitative estimate of drug-likeness (QED) is 0.155.